The highest BCUT2D eigenvalue weighted by atomic mass is 32.2. The molecule has 0 bridgehead atoms. The fourth-order valence-electron chi connectivity index (χ4n) is 1.84. The number of nitrogens with zero attached hydrogens (tertiary/aromatic N) is 2. The van der Waals surface area contributed by atoms with Crippen molar-refractivity contribution in [3.63, 3.8) is 0 Å². The van der Waals surface area contributed by atoms with Crippen molar-refractivity contribution in [2.45, 2.75) is 11.2 Å². The van der Waals surface area contributed by atoms with Crippen LogP contribution in [-0.2, 0) is 25.7 Å². The Bertz CT molecular complexity index is 579. The fraction of sp³-hybridized carbons (Fsp3) is 0.583. The van der Waals surface area contributed by atoms with E-state index in [-0.39, 0.29) is 26.3 Å². The highest BCUT2D eigenvalue weighted by molar-refractivity contribution is 7.89. The number of ether oxygens (including phenoxy) is 2. The minimum Gasteiger partial charge on any atom is -0.378 e. The van der Waals surface area contributed by atoms with Gasteiger partial charge in [0.25, 0.3) is 10.0 Å². The van der Waals surface area contributed by atoms with Crippen molar-refractivity contribution in [1.82, 2.24) is 9.29 Å². The summed E-state index contributed by atoms with van der Waals surface area (Å²) in [6, 6.07) is 1.55. The summed E-state index contributed by atoms with van der Waals surface area (Å²) in [4.78, 5) is 3.44. The topological polar surface area (TPSA) is 68.7 Å². The molecule has 0 unspecified atom stereocenters. The van der Waals surface area contributed by atoms with Gasteiger partial charge in [0.1, 0.15) is 0 Å². The third kappa shape index (κ3) is 4.15. The van der Waals surface area contributed by atoms with Crippen molar-refractivity contribution in [2.75, 3.05) is 39.5 Å². The van der Waals surface area contributed by atoms with Gasteiger partial charge in [0, 0.05) is 19.3 Å². The standard InChI is InChI=1S/C12H15F3N2O4S/c13-12(14,15)10-1-2-11(16-9-10)22(18,19)17-3-5-20-7-8-21-6-4-17/h1-2,9H,3-8H2. The van der Waals surface area contributed by atoms with Crippen molar-refractivity contribution in [2.24, 2.45) is 0 Å². The maximum Gasteiger partial charge on any atom is 0.417 e. The summed E-state index contributed by atoms with van der Waals surface area (Å²) in [5.74, 6) is 0. The maximum absolute atomic E-state index is 12.5. The van der Waals surface area contributed by atoms with Gasteiger partial charge in [0.15, 0.2) is 5.03 Å². The van der Waals surface area contributed by atoms with Gasteiger partial charge in [-0.15, -0.1) is 0 Å². The molecular formula is C12H15F3N2O4S. The molecule has 0 radical (unpaired) electrons. The van der Waals surface area contributed by atoms with E-state index in [9.17, 15) is 21.6 Å². The van der Waals surface area contributed by atoms with Crippen LogP contribution in [0.3, 0.4) is 0 Å². The lowest BCUT2D eigenvalue weighted by Crippen LogP contribution is -2.36. The minimum absolute atomic E-state index is 0.0917. The van der Waals surface area contributed by atoms with Gasteiger partial charge in [0.05, 0.1) is 32.0 Å². The first-order chi connectivity index (χ1) is 10.3. The van der Waals surface area contributed by atoms with Crippen LogP contribution in [0.5, 0.6) is 0 Å². The average molecular weight is 340 g/mol. The van der Waals surface area contributed by atoms with Crippen molar-refractivity contribution < 1.29 is 31.1 Å². The van der Waals surface area contributed by atoms with Gasteiger partial charge in [-0.25, -0.2) is 13.4 Å². The SMILES string of the molecule is O=S(=O)(c1ccc(C(F)(F)F)cn1)N1CCOCCOCC1. The van der Waals surface area contributed by atoms with Crippen LogP contribution < -0.4 is 0 Å². The smallest absolute Gasteiger partial charge is 0.378 e. The van der Waals surface area contributed by atoms with E-state index in [0.29, 0.717) is 25.5 Å². The lowest BCUT2D eigenvalue weighted by molar-refractivity contribution is -0.137. The summed E-state index contributed by atoms with van der Waals surface area (Å²) in [5.41, 5.74) is -0.998. The van der Waals surface area contributed by atoms with Gasteiger partial charge in [-0.05, 0) is 12.1 Å². The highest BCUT2D eigenvalue weighted by Crippen LogP contribution is 2.29. The monoisotopic (exact) mass is 340 g/mol. The zero-order valence-electron chi connectivity index (χ0n) is 11.5. The summed E-state index contributed by atoms with van der Waals surface area (Å²) in [6.45, 7) is 1.29. The average Bonchev–Trinajstić information content (AvgIpc) is 2.60. The van der Waals surface area contributed by atoms with Crippen molar-refractivity contribution >= 4 is 10.0 Å². The van der Waals surface area contributed by atoms with Crippen molar-refractivity contribution in [3.05, 3.63) is 23.9 Å². The van der Waals surface area contributed by atoms with E-state index >= 15 is 0 Å². The minimum atomic E-state index is -4.56. The Morgan fingerprint density at radius 1 is 1.05 bits per heavy atom. The van der Waals surface area contributed by atoms with Crippen LogP contribution in [0.25, 0.3) is 0 Å². The van der Waals surface area contributed by atoms with Crippen LogP contribution in [0.15, 0.2) is 23.4 Å². The summed E-state index contributed by atoms with van der Waals surface area (Å²) < 4.78 is 73.7. The molecule has 1 aliphatic heterocycles. The molecule has 1 aromatic rings. The molecule has 0 saturated carbocycles. The number of sulfonamides is 1. The Morgan fingerprint density at radius 2 is 1.64 bits per heavy atom. The molecule has 2 rings (SSSR count). The van der Waals surface area contributed by atoms with E-state index in [2.05, 4.69) is 4.98 Å². The molecule has 6 nitrogen and oxygen atoms in total. The van der Waals surface area contributed by atoms with Crippen LogP contribution in [-0.4, -0.2) is 57.2 Å². The number of aromatic nitrogens is 1. The van der Waals surface area contributed by atoms with Crippen LogP contribution in [0.2, 0.25) is 0 Å². The molecule has 10 heteroatoms. The molecule has 0 aromatic carbocycles. The molecular weight excluding hydrogens is 325 g/mol. The zero-order chi connectivity index (χ0) is 16.2. The Kier molecular flexibility index (Phi) is 5.37. The summed E-state index contributed by atoms with van der Waals surface area (Å²) in [6.07, 6.45) is -4.05. The number of pyridine rings is 1. The first-order valence-electron chi connectivity index (χ1n) is 6.51. The molecule has 124 valence electrons. The zero-order valence-corrected chi connectivity index (χ0v) is 12.4. The molecule has 1 aromatic heterocycles. The summed E-state index contributed by atoms with van der Waals surface area (Å²) >= 11 is 0. The van der Waals surface area contributed by atoms with Crippen molar-refractivity contribution in [1.29, 1.82) is 0 Å². The Labute approximate surface area is 125 Å². The van der Waals surface area contributed by atoms with E-state index in [1.165, 1.54) is 0 Å². The first-order valence-corrected chi connectivity index (χ1v) is 7.95. The van der Waals surface area contributed by atoms with Gasteiger partial charge >= 0.3 is 6.18 Å². The van der Waals surface area contributed by atoms with Gasteiger partial charge < -0.3 is 9.47 Å². The number of halogens is 3. The molecule has 2 heterocycles. The largest absolute Gasteiger partial charge is 0.417 e. The Balaban J connectivity index is 2.20. The molecule has 0 N–H and O–H groups in total. The first kappa shape index (κ1) is 17.1. The fourth-order valence-corrected chi connectivity index (χ4v) is 3.16. The molecule has 0 amide bonds. The number of rotatable bonds is 2. The summed E-state index contributed by atoms with van der Waals surface area (Å²) in [7, 11) is -3.99. The number of alkyl halides is 3. The van der Waals surface area contributed by atoms with E-state index in [1.54, 1.807) is 0 Å². The van der Waals surface area contributed by atoms with Crippen LogP contribution in [0.1, 0.15) is 5.56 Å². The van der Waals surface area contributed by atoms with E-state index in [0.717, 1.165) is 10.4 Å². The van der Waals surface area contributed by atoms with Gasteiger partial charge in [-0.2, -0.15) is 17.5 Å². The molecule has 22 heavy (non-hydrogen) atoms. The second-order valence-corrected chi connectivity index (χ2v) is 6.40. The molecule has 1 saturated heterocycles. The van der Waals surface area contributed by atoms with Crippen LogP contribution in [0, 0.1) is 0 Å². The lowest BCUT2D eigenvalue weighted by atomic mass is 10.3. The predicted molar refractivity (Wildman–Crippen MR) is 69.6 cm³/mol. The summed E-state index contributed by atoms with van der Waals surface area (Å²) in [5, 5.41) is -0.431. The molecule has 1 fully saturated rings. The molecule has 0 spiro atoms. The van der Waals surface area contributed by atoms with E-state index in [1.807, 2.05) is 0 Å². The third-order valence-corrected chi connectivity index (χ3v) is 4.82. The van der Waals surface area contributed by atoms with E-state index in [4.69, 9.17) is 9.47 Å². The van der Waals surface area contributed by atoms with Gasteiger partial charge in [0.2, 0.25) is 0 Å². The maximum atomic E-state index is 12.5. The quantitative estimate of drug-likeness (QED) is 0.808. The van der Waals surface area contributed by atoms with Crippen molar-refractivity contribution in [3.8, 4) is 0 Å². The van der Waals surface area contributed by atoms with E-state index < -0.39 is 26.8 Å². The highest BCUT2D eigenvalue weighted by Gasteiger charge is 2.32. The normalized spacial score (nSPS) is 19.2. The third-order valence-electron chi connectivity index (χ3n) is 3.01. The number of hydrogen-bond acceptors (Lipinski definition) is 5. The van der Waals surface area contributed by atoms with Crippen LogP contribution in [0.4, 0.5) is 13.2 Å². The second-order valence-electron chi connectivity index (χ2n) is 4.51. The van der Waals surface area contributed by atoms with Crippen LogP contribution >= 0.6 is 0 Å². The molecule has 0 aliphatic carbocycles. The number of hydrogen-bond donors (Lipinski definition) is 0. The van der Waals surface area contributed by atoms with Gasteiger partial charge in [-0.3, -0.25) is 0 Å². The Hall–Kier alpha value is -1.23. The molecule has 0 atom stereocenters. The lowest BCUT2D eigenvalue weighted by Gasteiger charge is -2.20. The van der Waals surface area contributed by atoms with Gasteiger partial charge in [-0.1, -0.05) is 0 Å². The molecule has 1 aliphatic rings. The predicted octanol–water partition coefficient (Wildman–Crippen LogP) is 1.14. The Morgan fingerprint density at radius 3 is 2.09 bits per heavy atom. The second kappa shape index (κ2) is 6.90.